The summed E-state index contributed by atoms with van der Waals surface area (Å²) in [7, 11) is 0. The summed E-state index contributed by atoms with van der Waals surface area (Å²) in [6.07, 6.45) is -2.89. The molecule has 0 aliphatic rings. The van der Waals surface area contributed by atoms with Gasteiger partial charge < -0.3 is 25.0 Å². The summed E-state index contributed by atoms with van der Waals surface area (Å²) in [5.41, 5.74) is -0.607. The number of rotatable bonds is 6. The first-order chi connectivity index (χ1) is 9.78. The Bertz CT molecular complexity index is 429. The van der Waals surface area contributed by atoms with Crippen molar-refractivity contribution >= 4 is 6.09 Å². The van der Waals surface area contributed by atoms with Gasteiger partial charge in [0.1, 0.15) is 30.2 Å². The van der Waals surface area contributed by atoms with E-state index in [0.717, 1.165) is 0 Å². The number of ether oxygens (including phenoxy) is 2. The van der Waals surface area contributed by atoms with Crippen molar-refractivity contribution in [2.24, 2.45) is 0 Å². The monoisotopic (exact) mass is 297 g/mol. The lowest BCUT2D eigenvalue weighted by atomic mass is 10.2. The minimum atomic E-state index is -1.14. The highest BCUT2D eigenvalue weighted by atomic mass is 16.6. The standard InChI is InChI=1S/C15H23NO5/c1-15(2,3)21-14(19)16-9-12(17)13(18)10-20-11-7-5-4-6-8-11/h4-8,12-13,17-18H,9-10H2,1-3H3,(H,16,19). The summed E-state index contributed by atoms with van der Waals surface area (Å²) >= 11 is 0. The Morgan fingerprint density at radius 2 is 1.81 bits per heavy atom. The topological polar surface area (TPSA) is 88.0 Å². The predicted octanol–water partition coefficient (Wildman–Crippen LogP) is 1.31. The van der Waals surface area contributed by atoms with Gasteiger partial charge in [0.2, 0.25) is 0 Å². The molecule has 0 bridgehead atoms. The van der Waals surface area contributed by atoms with E-state index in [-0.39, 0.29) is 13.2 Å². The molecule has 0 aromatic heterocycles. The van der Waals surface area contributed by atoms with Crippen LogP contribution in [0, 0.1) is 0 Å². The van der Waals surface area contributed by atoms with Gasteiger partial charge >= 0.3 is 6.09 Å². The van der Waals surface area contributed by atoms with E-state index in [0.29, 0.717) is 5.75 Å². The third-order valence-electron chi connectivity index (χ3n) is 2.46. The van der Waals surface area contributed by atoms with Crippen LogP contribution in [0.25, 0.3) is 0 Å². The number of amides is 1. The van der Waals surface area contributed by atoms with Gasteiger partial charge in [-0.05, 0) is 32.9 Å². The summed E-state index contributed by atoms with van der Waals surface area (Å²) < 4.78 is 10.3. The average Bonchev–Trinajstić information content (AvgIpc) is 2.41. The predicted molar refractivity (Wildman–Crippen MR) is 78.2 cm³/mol. The van der Waals surface area contributed by atoms with Crippen molar-refractivity contribution in [2.45, 2.75) is 38.6 Å². The Hall–Kier alpha value is -1.79. The minimum absolute atomic E-state index is 0.0683. The van der Waals surface area contributed by atoms with Gasteiger partial charge in [0.15, 0.2) is 0 Å². The Labute approximate surface area is 124 Å². The van der Waals surface area contributed by atoms with Crippen LogP contribution in [0.3, 0.4) is 0 Å². The molecular formula is C15H23NO5. The summed E-state index contributed by atoms with van der Waals surface area (Å²) in [5.74, 6) is 0.601. The lowest BCUT2D eigenvalue weighted by Gasteiger charge is -2.22. The van der Waals surface area contributed by atoms with E-state index < -0.39 is 23.9 Å². The molecule has 1 aromatic rings. The molecule has 0 saturated carbocycles. The van der Waals surface area contributed by atoms with E-state index in [1.165, 1.54) is 0 Å². The van der Waals surface area contributed by atoms with Crippen molar-refractivity contribution < 1.29 is 24.5 Å². The molecule has 1 amide bonds. The van der Waals surface area contributed by atoms with Crippen LogP contribution in [-0.4, -0.2) is 47.3 Å². The SMILES string of the molecule is CC(C)(C)OC(=O)NCC(O)C(O)COc1ccccc1. The molecular weight excluding hydrogens is 274 g/mol. The largest absolute Gasteiger partial charge is 0.491 e. The smallest absolute Gasteiger partial charge is 0.407 e. The molecule has 21 heavy (non-hydrogen) atoms. The van der Waals surface area contributed by atoms with Crippen LogP contribution in [0.2, 0.25) is 0 Å². The number of para-hydroxylation sites is 1. The summed E-state index contributed by atoms with van der Waals surface area (Å²) in [5, 5.41) is 21.9. The molecule has 0 heterocycles. The highest BCUT2D eigenvalue weighted by Crippen LogP contribution is 2.09. The van der Waals surface area contributed by atoms with Crippen molar-refractivity contribution in [2.75, 3.05) is 13.2 Å². The Morgan fingerprint density at radius 1 is 1.19 bits per heavy atom. The van der Waals surface area contributed by atoms with Crippen molar-refractivity contribution in [1.82, 2.24) is 5.32 Å². The number of carbonyl (C=O) groups is 1. The fourth-order valence-corrected chi connectivity index (χ4v) is 1.45. The highest BCUT2D eigenvalue weighted by molar-refractivity contribution is 5.67. The molecule has 118 valence electrons. The fourth-order valence-electron chi connectivity index (χ4n) is 1.45. The number of hydrogen-bond acceptors (Lipinski definition) is 5. The first-order valence-electron chi connectivity index (χ1n) is 6.79. The van der Waals surface area contributed by atoms with E-state index in [9.17, 15) is 15.0 Å². The fraction of sp³-hybridized carbons (Fsp3) is 0.533. The van der Waals surface area contributed by atoms with Crippen LogP contribution in [-0.2, 0) is 4.74 Å². The van der Waals surface area contributed by atoms with Gasteiger partial charge in [0.05, 0.1) is 0 Å². The van der Waals surface area contributed by atoms with E-state index >= 15 is 0 Å². The number of alkyl carbamates (subject to hydrolysis) is 1. The van der Waals surface area contributed by atoms with E-state index in [1.54, 1.807) is 32.9 Å². The van der Waals surface area contributed by atoms with Crippen molar-refractivity contribution in [3.63, 3.8) is 0 Å². The van der Waals surface area contributed by atoms with Gasteiger partial charge in [-0.25, -0.2) is 4.79 Å². The molecule has 2 atom stereocenters. The third-order valence-corrected chi connectivity index (χ3v) is 2.46. The molecule has 0 saturated heterocycles. The van der Waals surface area contributed by atoms with Crippen molar-refractivity contribution in [1.29, 1.82) is 0 Å². The highest BCUT2D eigenvalue weighted by Gasteiger charge is 2.20. The molecule has 3 N–H and O–H groups in total. The van der Waals surface area contributed by atoms with E-state index in [1.807, 2.05) is 18.2 Å². The van der Waals surface area contributed by atoms with Crippen molar-refractivity contribution in [3.05, 3.63) is 30.3 Å². The second kappa shape index (κ2) is 7.85. The lowest BCUT2D eigenvalue weighted by Crippen LogP contribution is -2.43. The van der Waals surface area contributed by atoms with Gasteiger partial charge in [-0.3, -0.25) is 0 Å². The molecule has 0 fully saturated rings. The van der Waals surface area contributed by atoms with Crippen LogP contribution in [0.5, 0.6) is 5.75 Å². The summed E-state index contributed by atoms with van der Waals surface area (Å²) in [6.45, 7) is 5.04. The van der Waals surface area contributed by atoms with Crippen LogP contribution in [0.4, 0.5) is 4.79 Å². The van der Waals surface area contributed by atoms with Gasteiger partial charge in [0, 0.05) is 6.54 Å². The third kappa shape index (κ3) is 7.53. The maximum Gasteiger partial charge on any atom is 0.407 e. The Kier molecular flexibility index (Phi) is 6.45. The zero-order valence-corrected chi connectivity index (χ0v) is 12.6. The molecule has 0 aliphatic carbocycles. The number of nitrogens with one attached hydrogen (secondary N) is 1. The minimum Gasteiger partial charge on any atom is -0.491 e. The Morgan fingerprint density at radius 3 is 2.38 bits per heavy atom. The van der Waals surface area contributed by atoms with Gasteiger partial charge in [0.25, 0.3) is 0 Å². The van der Waals surface area contributed by atoms with E-state index in [4.69, 9.17) is 9.47 Å². The van der Waals surface area contributed by atoms with Crippen molar-refractivity contribution in [3.8, 4) is 5.75 Å². The van der Waals surface area contributed by atoms with Crippen LogP contribution in [0.15, 0.2) is 30.3 Å². The molecule has 6 nitrogen and oxygen atoms in total. The van der Waals surface area contributed by atoms with Crippen LogP contribution < -0.4 is 10.1 Å². The van der Waals surface area contributed by atoms with Gasteiger partial charge in [-0.2, -0.15) is 0 Å². The maximum atomic E-state index is 11.4. The van der Waals surface area contributed by atoms with Crippen LogP contribution >= 0.6 is 0 Å². The average molecular weight is 297 g/mol. The molecule has 0 aliphatic heterocycles. The first kappa shape index (κ1) is 17.3. The molecule has 1 rings (SSSR count). The second-order valence-corrected chi connectivity index (χ2v) is 5.64. The second-order valence-electron chi connectivity index (χ2n) is 5.64. The normalized spacial score (nSPS) is 14.1. The number of benzene rings is 1. The maximum absolute atomic E-state index is 11.4. The zero-order chi connectivity index (χ0) is 15.9. The molecule has 2 unspecified atom stereocenters. The quantitative estimate of drug-likeness (QED) is 0.737. The van der Waals surface area contributed by atoms with Gasteiger partial charge in [-0.1, -0.05) is 18.2 Å². The molecule has 0 spiro atoms. The molecule has 1 aromatic carbocycles. The Balaban J connectivity index is 2.28. The molecule has 6 heteroatoms. The number of aliphatic hydroxyl groups is 2. The van der Waals surface area contributed by atoms with E-state index in [2.05, 4.69) is 5.32 Å². The first-order valence-corrected chi connectivity index (χ1v) is 6.79. The summed E-state index contributed by atoms with van der Waals surface area (Å²) in [6, 6.07) is 8.96. The van der Waals surface area contributed by atoms with Crippen LogP contribution in [0.1, 0.15) is 20.8 Å². The van der Waals surface area contributed by atoms with Gasteiger partial charge in [-0.15, -0.1) is 0 Å². The zero-order valence-electron chi connectivity index (χ0n) is 12.6. The number of hydrogen-bond donors (Lipinski definition) is 3. The summed E-state index contributed by atoms with van der Waals surface area (Å²) in [4.78, 5) is 11.4. The number of carbonyl (C=O) groups excluding carboxylic acids is 1. The molecule has 0 radical (unpaired) electrons. The number of aliphatic hydroxyl groups excluding tert-OH is 2. The lowest BCUT2D eigenvalue weighted by molar-refractivity contribution is -0.00919.